The lowest BCUT2D eigenvalue weighted by Gasteiger charge is -2.18. The first-order chi connectivity index (χ1) is 10.8. The molecule has 0 atom stereocenters. The molecule has 0 unspecified atom stereocenters. The minimum Gasteiger partial charge on any atom is -0.465 e. The second kappa shape index (κ2) is 7.10. The van der Waals surface area contributed by atoms with Crippen molar-refractivity contribution >= 4 is 27.6 Å². The maximum absolute atomic E-state index is 11.9. The quantitative estimate of drug-likeness (QED) is 0.754. The predicted octanol–water partition coefficient (Wildman–Crippen LogP) is 1.23. The lowest BCUT2D eigenvalue weighted by atomic mass is 10.2. The Morgan fingerprint density at radius 1 is 1.26 bits per heavy atom. The average Bonchev–Trinajstić information content (AvgIpc) is 3.30. The number of methoxy groups -OCH3 is 1. The number of hydrogen-bond acceptors (Lipinski definition) is 5. The van der Waals surface area contributed by atoms with Crippen LogP contribution in [0.15, 0.2) is 24.3 Å². The molecule has 0 bridgehead atoms. The van der Waals surface area contributed by atoms with Crippen molar-refractivity contribution in [3.05, 3.63) is 29.8 Å². The monoisotopic (exact) mass is 340 g/mol. The first-order valence-corrected chi connectivity index (χ1v) is 9.11. The lowest BCUT2D eigenvalue weighted by molar-refractivity contribution is -0.116. The molecule has 7 nitrogen and oxygen atoms in total. The summed E-state index contributed by atoms with van der Waals surface area (Å²) in [5, 5.41) is 2.68. The van der Waals surface area contributed by atoms with Gasteiger partial charge in [0.15, 0.2) is 0 Å². The van der Waals surface area contributed by atoms with Gasteiger partial charge < -0.3 is 10.1 Å². The Labute approximate surface area is 135 Å². The number of hydrogen-bond donors (Lipinski definition) is 1. The van der Waals surface area contributed by atoms with Crippen molar-refractivity contribution in [2.75, 3.05) is 25.2 Å². The van der Waals surface area contributed by atoms with Gasteiger partial charge in [0.05, 0.1) is 18.9 Å². The van der Waals surface area contributed by atoms with Gasteiger partial charge in [-0.2, -0.15) is 4.31 Å². The first kappa shape index (κ1) is 17.4. The standard InChI is InChI=1S/C15H20N2O5S/c1-22-15(19)11-3-5-12(6-4-11)16-14(18)9-10-17(13-7-8-13)23(2,20)21/h3-6,13H,7-10H2,1-2H3,(H,16,18). The fraction of sp³-hybridized carbons (Fsp3) is 0.467. The molecule has 2 rings (SSSR count). The number of ether oxygens (including phenoxy) is 1. The molecule has 0 aliphatic heterocycles. The lowest BCUT2D eigenvalue weighted by Crippen LogP contribution is -2.34. The van der Waals surface area contributed by atoms with Crippen LogP contribution in [0.5, 0.6) is 0 Å². The van der Waals surface area contributed by atoms with Gasteiger partial charge in [0, 0.05) is 24.7 Å². The molecule has 1 aromatic rings. The van der Waals surface area contributed by atoms with Crippen LogP contribution >= 0.6 is 0 Å². The molecule has 23 heavy (non-hydrogen) atoms. The SMILES string of the molecule is COC(=O)c1ccc(NC(=O)CCN(C2CC2)S(C)(=O)=O)cc1. The number of esters is 1. The molecule has 1 aliphatic rings. The average molecular weight is 340 g/mol. The summed E-state index contributed by atoms with van der Waals surface area (Å²) in [5.41, 5.74) is 0.933. The Balaban J connectivity index is 1.88. The van der Waals surface area contributed by atoms with Gasteiger partial charge in [-0.25, -0.2) is 13.2 Å². The van der Waals surface area contributed by atoms with E-state index in [-0.39, 0.29) is 24.9 Å². The molecule has 126 valence electrons. The van der Waals surface area contributed by atoms with Gasteiger partial charge in [0.25, 0.3) is 0 Å². The minimum absolute atomic E-state index is 0.0390. The zero-order valence-electron chi connectivity index (χ0n) is 13.1. The summed E-state index contributed by atoms with van der Waals surface area (Å²) in [6, 6.07) is 6.33. The van der Waals surface area contributed by atoms with E-state index in [1.165, 1.54) is 11.4 Å². The molecule has 0 radical (unpaired) electrons. The van der Waals surface area contributed by atoms with Gasteiger partial charge >= 0.3 is 5.97 Å². The second-order valence-electron chi connectivity index (χ2n) is 5.47. The van der Waals surface area contributed by atoms with Crippen LogP contribution in [0.4, 0.5) is 5.69 Å². The Hall–Kier alpha value is -1.93. The van der Waals surface area contributed by atoms with Crippen molar-refractivity contribution in [1.82, 2.24) is 4.31 Å². The number of sulfonamides is 1. The summed E-state index contributed by atoms with van der Waals surface area (Å²) >= 11 is 0. The Morgan fingerprint density at radius 3 is 2.35 bits per heavy atom. The van der Waals surface area contributed by atoms with Crippen LogP contribution in [0, 0.1) is 0 Å². The molecule has 0 spiro atoms. The topological polar surface area (TPSA) is 92.8 Å². The van der Waals surface area contributed by atoms with Crippen LogP contribution in [0.3, 0.4) is 0 Å². The van der Waals surface area contributed by atoms with Gasteiger partial charge in [-0.1, -0.05) is 0 Å². The van der Waals surface area contributed by atoms with Gasteiger partial charge in [-0.15, -0.1) is 0 Å². The zero-order chi connectivity index (χ0) is 17.0. The highest BCUT2D eigenvalue weighted by Crippen LogP contribution is 2.28. The molecule has 0 aromatic heterocycles. The number of rotatable bonds is 7. The Morgan fingerprint density at radius 2 is 1.87 bits per heavy atom. The number of carbonyl (C=O) groups is 2. The molecule has 0 heterocycles. The van der Waals surface area contributed by atoms with E-state index in [1.807, 2.05) is 0 Å². The molecule has 1 fully saturated rings. The minimum atomic E-state index is -3.29. The fourth-order valence-corrected chi connectivity index (χ4v) is 3.40. The normalized spacial score (nSPS) is 14.6. The molecular weight excluding hydrogens is 320 g/mol. The van der Waals surface area contributed by atoms with Crippen LogP contribution in [-0.2, 0) is 19.6 Å². The van der Waals surface area contributed by atoms with Crippen molar-refractivity contribution in [2.24, 2.45) is 0 Å². The molecular formula is C15H20N2O5S. The van der Waals surface area contributed by atoms with E-state index < -0.39 is 16.0 Å². The third kappa shape index (κ3) is 5.04. The highest BCUT2D eigenvalue weighted by atomic mass is 32.2. The fourth-order valence-electron chi connectivity index (χ4n) is 2.22. The van der Waals surface area contributed by atoms with Crippen LogP contribution in [0.25, 0.3) is 0 Å². The van der Waals surface area contributed by atoms with Crippen LogP contribution in [0.2, 0.25) is 0 Å². The summed E-state index contributed by atoms with van der Waals surface area (Å²) in [6.45, 7) is 0.176. The van der Waals surface area contributed by atoms with E-state index in [1.54, 1.807) is 24.3 Å². The summed E-state index contributed by atoms with van der Waals surface area (Å²) in [6.07, 6.45) is 2.95. The number of carbonyl (C=O) groups excluding carboxylic acids is 2. The maximum Gasteiger partial charge on any atom is 0.337 e. The van der Waals surface area contributed by atoms with Crippen LogP contribution < -0.4 is 5.32 Å². The summed E-state index contributed by atoms with van der Waals surface area (Å²) in [4.78, 5) is 23.3. The van der Waals surface area contributed by atoms with E-state index in [4.69, 9.17) is 0 Å². The van der Waals surface area contributed by atoms with Gasteiger partial charge in [0.2, 0.25) is 15.9 Å². The maximum atomic E-state index is 11.9. The van der Waals surface area contributed by atoms with Gasteiger partial charge in [-0.3, -0.25) is 4.79 Å². The predicted molar refractivity (Wildman–Crippen MR) is 85.6 cm³/mol. The van der Waals surface area contributed by atoms with E-state index in [0.29, 0.717) is 11.3 Å². The van der Waals surface area contributed by atoms with Gasteiger partial charge in [0.1, 0.15) is 0 Å². The number of nitrogens with zero attached hydrogens (tertiary/aromatic N) is 1. The summed E-state index contributed by atoms with van der Waals surface area (Å²) in [7, 11) is -1.99. The second-order valence-corrected chi connectivity index (χ2v) is 7.41. The molecule has 0 saturated heterocycles. The number of benzene rings is 1. The highest BCUT2D eigenvalue weighted by molar-refractivity contribution is 7.88. The zero-order valence-corrected chi connectivity index (χ0v) is 13.9. The highest BCUT2D eigenvalue weighted by Gasteiger charge is 2.34. The third-order valence-corrected chi connectivity index (χ3v) is 4.86. The van der Waals surface area contributed by atoms with Crippen molar-refractivity contribution in [2.45, 2.75) is 25.3 Å². The number of anilines is 1. The molecule has 1 saturated carbocycles. The van der Waals surface area contributed by atoms with Crippen molar-refractivity contribution in [3.63, 3.8) is 0 Å². The van der Waals surface area contributed by atoms with E-state index in [9.17, 15) is 18.0 Å². The molecule has 1 amide bonds. The molecule has 1 aliphatic carbocycles. The Bertz CT molecular complexity index is 680. The van der Waals surface area contributed by atoms with E-state index >= 15 is 0 Å². The van der Waals surface area contributed by atoms with Crippen molar-refractivity contribution < 1.29 is 22.7 Å². The van der Waals surface area contributed by atoms with E-state index in [2.05, 4.69) is 10.1 Å². The molecule has 1 N–H and O–H groups in total. The largest absolute Gasteiger partial charge is 0.465 e. The van der Waals surface area contributed by atoms with Gasteiger partial charge in [-0.05, 0) is 37.1 Å². The molecule has 1 aromatic carbocycles. The Kier molecular flexibility index (Phi) is 5.38. The van der Waals surface area contributed by atoms with Crippen LogP contribution in [0.1, 0.15) is 29.6 Å². The van der Waals surface area contributed by atoms with E-state index in [0.717, 1.165) is 19.1 Å². The van der Waals surface area contributed by atoms with Crippen molar-refractivity contribution in [1.29, 1.82) is 0 Å². The number of amides is 1. The smallest absolute Gasteiger partial charge is 0.337 e. The summed E-state index contributed by atoms with van der Waals surface area (Å²) in [5.74, 6) is -0.721. The first-order valence-electron chi connectivity index (χ1n) is 7.26. The van der Waals surface area contributed by atoms with Crippen LogP contribution in [-0.4, -0.2) is 50.6 Å². The molecule has 8 heteroatoms. The number of nitrogens with one attached hydrogen (secondary N) is 1. The summed E-state index contributed by atoms with van der Waals surface area (Å²) < 4.78 is 29.3. The van der Waals surface area contributed by atoms with Crippen molar-refractivity contribution in [3.8, 4) is 0 Å². The third-order valence-electron chi connectivity index (χ3n) is 3.53.